The summed E-state index contributed by atoms with van der Waals surface area (Å²) in [6.07, 6.45) is 6.77. The van der Waals surface area contributed by atoms with Gasteiger partial charge in [0, 0.05) is 7.05 Å². The van der Waals surface area contributed by atoms with Gasteiger partial charge in [0.1, 0.15) is 5.76 Å². The first-order valence-electron chi connectivity index (χ1n) is 7.34. The number of amidine groups is 1. The lowest BCUT2D eigenvalue weighted by Gasteiger charge is -2.07. The molecule has 1 fully saturated rings. The molecule has 3 rings (SSSR count). The van der Waals surface area contributed by atoms with E-state index in [2.05, 4.69) is 4.99 Å². The quantitative estimate of drug-likeness (QED) is 0.845. The Kier molecular flexibility index (Phi) is 4.85. The van der Waals surface area contributed by atoms with Gasteiger partial charge in [-0.25, -0.2) is 9.79 Å². The Morgan fingerprint density at radius 1 is 1.32 bits per heavy atom. The average Bonchev–Trinajstić information content (AvgIpc) is 3.20. The van der Waals surface area contributed by atoms with Crippen molar-refractivity contribution >= 4 is 40.6 Å². The molecule has 0 bridgehead atoms. The smallest absolute Gasteiger partial charge is 0.335 e. The van der Waals surface area contributed by atoms with E-state index in [0.29, 0.717) is 21.5 Å². The van der Waals surface area contributed by atoms with Gasteiger partial charge in [-0.05, 0) is 54.2 Å². The normalized spacial score (nSPS) is 18.0. The summed E-state index contributed by atoms with van der Waals surface area (Å²) in [5, 5.41) is 9.53. The van der Waals surface area contributed by atoms with Crippen LogP contribution >= 0.6 is 11.8 Å². The maximum absolute atomic E-state index is 12.3. The Labute approximate surface area is 148 Å². The molecule has 2 heterocycles. The van der Waals surface area contributed by atoms with Gasteiger partial charge in [0.25, 0.3) is 5.91 Å². The van der Waals surface area contributed by atoms with Crippen LogP contribution in [0.4, 0.5) is 5.69 Å². The lowest BCUT2D eigenvalue weighted by molar-refractivity contribution is -0.121. The summed E-state index contributed by atoms with van der Waals surface area (Å²) in [7, 11) is 1.63. The number of benzene rings is 1. The van der Waals surface area contributed by atoms with Crippen molar-refractivity contribution in [3.63, 3.8) is 0 Å². The van der Waals surface area contributed by atoms with Crippen LogP contribution in [0.2, 0.25) is 0 Å². The van der Waals surface area contributed by atoms with Crippen LogP contribution in [0.3, 0.4) is 0 Å². The largest absolute Gasteiger partial charge is 0.478 e. The maximum Gasteiger partial charge on any atom is 0.335 e. The van der Waals surface area contributed by atoms with E-state index >= 15 is 0 Å². The van der Waals surface area contributed by atoms with Gasteiger partial charge in [0.05, 0.1) is 22.4 Å². The molecule has 2 aromatic rings. The first-order valence-corrected chi connectivity index (χ1v) is 8.16. The summed E-state index contributed by atoms with van der Waals surface area (Å²) in [5.41, 5.74) is 0.630. The summed E-state index contributed by atoms with van der Waals surface area (Å²) >= 11 is 1.23. The average molecular weight is 354 g/mol. The number of carbonyl (C=O) groups is 2. The summed E-state index contributed by atoms with van der Waals surface area (Å²) in [4.78, 5) is 29.7. The molecule has 1 aromatic heterocycles. The molecule has 1 amide bonds. The molecule has 1 saturated heterocycles. The Hall–Kier alpha value is -3.06. The Morgan fingerprint density at radius 2 is 2.16 bits per heavy atom. The van der Waals surface area contributed by atoms with E-state index in [1.165, 1.54) is 28.8 Å². The molecule has 1 aromatic carbocycles. The summed E-state index contributed by atoms with van der Waals surface area (Å²) in [5.74, 6) is -0.489. The first kappa shape index (κ1) is 16.8. The predicted octanol–water partition coefficient (Wildman–Crippen LogP) is 3.77. The van der Waals surface area contributed by atoms with Crippen molar-refractivity contribution in [3.8, 4) is 0 Å². The first-order chi connectivity index (χ1) is 12.0. The number of aliphatic imine (C=N–C) groups is 1. The lowest BCUT2D eigenvalue weighted by atomic mass is 10.2. The number of likely N-dealkylation sites (N-methyl/N-ethyl adjacent to an activating group) is 1. The van der Waals surface area contributed by atoms with Gasteiger partial charge in [0.15, 0.2) is 5.17 Å². The number of carboxylic acid groups (broad SMARTS) is 1. The van der Waals surface area contributed by atoms with Gasteiger partial charge in [0.2, 0.25) is 0 Å². The molecule has 0 spiro atoms. The van der Waals surface area contributed by atoms with Crippen molar-refractivity contribution in [2.75, 3.05) is 7.05 Å². The van der Waals surface area contributed by atoms with Gasteiger partial charge < -0.3 is 9.52 Å². The lowest BCUT2D eigenvalue weighted by Crippen LogP contribution is -2.23. The van der Waals surface area contributed by atoms with E-state index in [9.17, 15) is 9.59 Å². The molecular weight excluding hydrogens is 340 g/mol. The second-order valence-corrected chi connectivity index (χ2v) is 6.13. The van der Waals surface area contributed by atoms with Gasteiger partial charge in [-0.1, -0.05) is 12.1 Å². The summed E-state index contributed by atoms with van der Waals surface area (Å²) < 4.78 is 5.19. The number of carboxylic acids is 1. The summed E-state index contributed by atoms with van der Waals surface area (Å²) in [6.45, 7) is 0. The fourth-order valence-corrected chi connectivity index (χ4v) is 3.04. The molecule has 0 aliphatic carbocycles. The fraction of sp³-hybridized carbons (Fsp3) is 0.0556. The number of allylic oxidation sites excluding steroid dienone is 2. The molecule has 0 saturated carbocycles. The van der Waals surface area contributed by atoms with Gasteiger partial charge >= 0.3 is 5.97 Å². The highest BCUT2D eigenvalue weighted by atomic mass is 32.2. The standard InChI is InChI=1S/C18H14N2O4S/c1-20-16(21)15(9-3-7-14-8-4-10-24-14)25-18(20)19-13-6-2-5-12(11-13)17(22)23/h2-11H,1H3,(H,22,23)/b7-3+,15-9-,19-18?. The molecule has 1 aliphatic heterocycles. The number of carbonyl (C=O) groups excluding carboxylic acids is 1. The molecule has 126 valence electrons. The van der Waals surface area contributed by atoms with Crippen molar-refractivity contribution in [2.24, 2.45) is 4.99 Å². The van der Waals surface area contributed by atoms with E-state index in [0.717, 1.165) is 0 Å². The number of hydrogen-bond acceptors (Lipinski definition) is 5. The maximum atomic E-state index is 12.3. The summed E-state index contributed by atoms with van der Waals surface area (Å²) in [6, 6.07) is 9.86. The van der Waals surface area contributed by atoms with E-state index in [1.807, 2.05) is 6.07 Å². The Balaban J connectivity index is 1.81. The molecule has 0 unspecified atom stereocenters. The zero-order valence-corrected chi connectivity index (χ0v) is 14.1. The fourth-order valence-electron chi connectivity index (χ4n) is 2.10. The number of nitrogens with zero attached hydrogens (tertiary/aromatic N) is 2. The molecule has 7 heteroatoms. The van der Waals surface area contributed by atoms with Gasteiger partial charge in [-0.3, -0.25) is 9.69 Å². The number of thioether (sulfide) groups is 1. The van der Waals surface area contributed by atoms with Crippen LogP contribution in [0.5, 0.6) is 0 Å². The predicted molar refractivity (Wildman–Crippen MR) is 96.7 cm³/mol. The van der Waals surface area contributed by atoms with Crippen molar-refractivity contribution in [1.82, 2.24) is 4.90 Å². The molecule has 1 N–H and O–H groups in total. The second-order valence-electron chi connectivity index (χ2n) is 5.12. The van der Waals surface area contributed by atoms with Crippen LogP contribution < -0.4 is 0 Å². The van der Waals surface area contributed by atoms with Crippen LogP contribution in [0.15, 0.2) is 69.1 Å². The van der Waals surface area contributed by atoms with Crippen molar-refractivity contribution < 1.29 is 19.1 Å². The zero-order chi connectivity index (χ0) is 17.8. The van der Waals surface area contributed by atoms with Crippen LogP contribution in [0.25, 0.3) is 6.08 Å². The van der Waals surface area contributed by atoms with E-state index in [4.69, 9.17) is 9.52 Å². The number of rotatable bonds is 4. The van der Waals surface area contributed by atoms with Crippen molar-refractivity contribution in [3.05, 3.63) is 71.0 Å². The number of amides is 1. The Morgan fingerprint density at radius 3 is 2.88 bits per heavy atom. The minimum atomic E-state index is -1.02. The zero-order valence-electron chi connectivity index (χ0n) is 13.2. The second kappa shape index (κ2) is 7.23. The Bertz CT molecular complexity index is 898. The van der Waals surface area contributed by atoms with E-state index < -0.39 is 5.97 Å². The van der Waals surface area contributed by atoms with Crippen LogP contribution in [0, 0.1) is 0 Å². The SMILES string of the molecule is CN1C(=O)/C(=C/C=C/c2ccco2)SC1=Nc1cccc(C(=O)O)c1. The monoisotopic (exact) mass is 354 g/mol. The molecule has 0 radical (unpaired) electrons. The topological polar surface area (TPSA) is 83.1 Å². The molecule has 25 heavy (non-hydrogen) atoms. The number of aromatic carboxylic acids is 1. The van der Waals surface area contributed by atoms with Crippen molar-refractivity contribution in [1.29, 1.82) is 0 Å². The number of hydrogen-bond donors (Lipinski definition) is 1. The molecular formula is C18H14N2O4S. The highest BCUT2D eigenvalue weighted by Gasteiger charge is 2.29. The third kappa shape index (κ3) is 3.89. The number of furan rings is 1. The third-order valence-corrected chi connectivity index (χ3v) is 4.45. The minimum absolute atomic E-state index is 0.149. The van der Waals surface area contributed by atoms with Crippen LogP contribution in [-0.2, 0) is 4.79 Å². The molecule has 6 nitrogen and oxygen atoms in total. The van der Waals surface area contributed by atoms with Crippen LogP contribution in [0.1, 0.15) is 16.1 Å². The molecule has 1 aliphatic rings. The highest BCUT2D eigenvalue weighted by Crippen LogP contribution is 2.31. The molecule has 0 atom stereocenters. The van der Waals surface area contributed by atoms with E-state index in [1.54, 1.807) is 49.7 Å². The minimum Gasteiger partial charge on any atom is -0.478 e. The van der Waals surface area contributed by atoms with E-state index in [-0.39, 0.29) is 11.5 Å². The van der Waals surface area contributed by atoms with Crippen LogP contribution in [-0.4, -0.2) is 34.1 Å². The van der Waals surface area contributed by atoms with Crippen molar-refractivity contribution in [2.45, 2.75) is 0 Å². The van der Waals surface area contributed by atoms with Gasteiger partial charge in [-0.2, -0.15) is 0 Å². The third-order valence-electron chi connectivity index (χ3n) is 3.37. The highest BCUT2D eigenvalue weighted by molar-refractivity contribution is 8.18. The van der Waals surface area contributed by atoms with Gasteiger partial charge in [-0.15, -0.1) is 0 Å².